The molecule has 2 unspecified atom stereocenters. The summed E-state index contributed by atoms with van der Waals surface area (Å²) in [7, 11) is 2.06. The van der Waals surface area contributed by atoms with Gasteiger partial charge in [-0.2, -0.15) is 0 Å². The molecule has 3 heteroatoms. The van der Waals surface area contributed by atoms with E-state index in [1.54, 1.807) is 0 Å². The van der Waals surface area contributed by atoms with Crippen LogP contribution in [0.3, 0.4) is 0 Å². The Labute approximate surface area is 87.5 Å². The normalized spacial score (nSPS) is 27.4. The summed E-state index contributed by atoms with van der Waals surface area (Å²) >= 11 is 0. The van der Waals surface area contributed by atoms with Crippen molar-refractivity contribution in [3.05, 3.63) is 0 Å². The molecule has 0 aromatic rings. The van der Waals surface area contributed by atoms with Crippen molar-refractivity contribution >= 4 is 0 Å². The highest BCUT2D eigenvalue weighted by Gasteiger charge is 2.26. The molecular weight excluding hydrogens is 176 g/mol. The van der Waals surface area contributed by atoms with E-state index >= 15 is 0 Å². The predicted octanol–water partition coefficient (Wildman–Crippen LogP) is 0.689. The van der Waals surface area contributed by atoms with Gasteiger partial charge in [0.1, 0.15) is 0 Å². The lowest BCUT2D eigenvalue weighted by Gasteiger charge is -2.26. The Kier molecular flexibility index (Phi) is 5.45. The molecule has 0 aromatic carbocycles. The van der Waals surface area contributed by atoms with Crippen molar-refractivity contribution < 1.29 is 5.11 Å². The van der Waals surface area contributed by atoms with Gasteiger partial charge in [-0.3, -0.25) is 0 Å². The predicted molar refractivity (Wildman–Crippen MR) is 59.4 cm³/mol. The van der Waals surface area contributed by atoms with Gasteiger partial charge < -0.3 is 15.3 Å². The SMILES string of the molecule is CCN(CCO)CC1CCCC1NC. The minimum absolute atomic E-state index is 0.283. The fraction of sp³-hybridized carbons (Fsp3) is 1.00. The molecule has 0 aromatic heterocycles. The third-order valence-electron chi connectivity index (χ3n) is 3.39. The highest BCUT2D eigenvalue weighted by Crippen LogP contribution is 2.26. The lowest BCUT2D eigenvalue weighted by atomic mass is 10.0. The third-order valence-corrected chi connectivity index (χ3v) is 3.39. The molecule has 1 aliphatic carbocycles. The van der Waals surface area contributed by atoms with Gasteiger partial charge in [0.2, 0.25) is 0 Å². The largest absolute Gasteiger partial charge is 0.395 e. The summed E-state index contributed by atoms with van der Waals surface area (Å²) in [4.78, 5) is 2.35. The summed E-state index contributed by atoms with van der Waals surface area (Å²) < 4.78 is 0. The van der Waals surface area contributed by atoms with E-state index in [1.165, 1.54) is 19.3 Å². The van der Waals surface area contributed by atoms with Crippen LogP contribution in [0.15, 0.2) is 0 Å². The average molecular weight is 200 g/mol. The number of aliphatic hydroxyl groups excluding tert-OH is 1. The molecular formula is C11H24N2O. The maximum absolute atomic E-state index is 8.91. The molecule has 1 fully saturated rings. The molecule has 1 aliphatic rings. The van der Waals surface area contributed by atoms with Gasteiger partial charge in [-0.1, -0.05) is 13.3 Å². The van der Waals surface area contributed by atoms with Crippen molar-refractivity contribution in [3.8, 4) is 0 Å². The van der Waals surface area contributed by atoms with Gasteiger partial charge >= 0.3 is 0 Å². The van der Waals surface area contributed by atoms with Gasteiger partial charge in [-0.25, -0.2) is 0 Å². The van der Waals surface area contributed by atoms with Crippen LogP contribution in [0.2, 0.25) is 0 Å². The Balaban J connectivity index is 2.32. The van der Waals surface area contributed by atoms with Gasteiger partial charge in [0.25, 0.3) is 0 Å². The third kappa shape index (κ3) is 3.23. The first kappa shape index (κ1) is 12.0. The van der Waals surface area contributed by atoms with E-state index in [0.29, 0.717) is 6.04 Å². The summed E-state index contributed by atoms with van der Waals surface area (Å²) in [5, 5.41) is 12.3. The zero-order valence-electron chi connectivity index (χ0n) is 9.50. The molecule has 0 saturated heterocycles. The Hall–Kier alpha value is -0.120. The lowest BCUT2D eigenvalue weighted by Crippen LogP contribution is -2.38. The van der Waals surface area contributed by atoms with Gasteiger partial charge in [0.15, 0.2) is 0 Å². The summed E-state index contributed by atoms with van der Waals surface area (Å²) in [5.74, 6) is 0.784. The van der Waals surface area contributed by atoms with Crippen molar-refractivity contribution in [1.29, 1.82) is 0 Å². The molecule has 1 rings (SSSR count). The van der Waals surface area contributed by atoms with Gasteiger partial charge in [0.05, 0.1) is 6.61 Å². The molecule has 14 heavy (non-hydrogen) atoms. The highest BCUT2D eigenvalue weighted by atomic mass is 16.3. The van der Waals surface area contributed by atoms with E-state index < -0.39 is 0 Å². The van der Waals surface area contributed by atoms with Crippen LogP contribution in [0.25, 0.3) is 0 Å². The number of aliphatic hydroxyl groups is 1. The maximum Gasteiger partial charge on any atom is 0.0558 e. The van der Waals surface area contributed by atoms with E-state index in [9.17, 15) is 0 Å². The summed E-state index contributed by atoms with van der Waals surface area (Å²) in [6.45, 7) is 5.46. The summed E-state index contributed by atoms with van der Waals surface area (Å²) in [6, 6.07) is 0.697. The van der Waals surface area contributed by atoms with Gasteiger partial charge in [-0.15, -0.1) is 0 Å². The number of rotatable bonds is 6. The molecule has 0 bridgehead atoms. The lowest BCUT2D eigenvalue weighted by molar-refractivity contribution is 0.174. The van der Waals surface area contributed by atoms with E-state index in [0.717, 1.165) is 25.6 Å². The molecule has 1 saturated carbocycles. The standard InChI is InChI=1S/C11H24N2O/c1-3-13(7-8-14)9-10-5-4-6-11(10)12-2/h10-12,14H,3-9H2,1-2H3. The summed E-state index contributed by atoms with van der Waals surface area (Å²) in [5.41, 5.74) is 0. The second-order valence-corrected chi connectivity index (χ2v) is 4.20. The van der Waals surface area contributed by atoms with Crippen LogP contribution in [0, 0.1) is 5.92 Å². The first-order valence-corrected chi connectivity index (χ1v) is 5.82. The van der Waals surface area contributed by atoms with E-state index in [-0.39, 0.29) is 6.61 Å². The van der Waals surface area contributed by atoms with Crippen molar-refractivity contribution in [2.45, 2.75) is 32.2 Å². The topological polar surface area (TPSA) is 35.5 Å². The minimum Gasteiger partial charge on any atom is -0.395 e. The van der Waals surface area contributed by atoms with Crippen LogP contribution in [0.4, 0.5) is 0 Å². The van der Waals surface area contributed by atoms with Crippen LogP contribution in [0.1, 0.15) is 26.2 Å². The van der Waals surface area contributed by atoms with Gasteiger partial charge in [-0.05, 0) is 32.4 Å². The number of likely N-dealkylation sites (N-methyl/N-ethyl adjacent to an activating group) is 1. The molecule has 0 heterocycles. The minimum atomic E-state index is 0.283. The zero-order valence-corrected chi connectivity index (χ0v) is 9.50. The Morgan fingerprint density at radius 1 is 1.43 bits per heavy atom. The monoisotopic (exact) mass is 200 g/mol. The average Bonchev–Trinajstić information content (AvgIpc) is 2.64. The van der Waals surface area contributed by atoms with Crippen molar-refractivity contribution in [2.24, 2.45) is 5.92 Å². The second kappa shape index (κ2) is 6.38. The molecule has 0 radical (unpaired) electrons. The van der Waals surface area contributed by atoms with Crippen LogP contribution < -0.4 is 5.32 Å². The van der Waals surface area contributed by atoms with E-state index in [4.69, 9.17) is 5.11 Å². The smallest absolute Gasteiger partial charge is 0.0558 e. The second-order valence-electron chi connectivity index (χ2n) is 4.20. The Morgan fingerprint density at radius 3 is 2.79 bits per heavy atom. The Morgan fingerprint density at radius 2 is 2.21 bits per heavy atom. The van der Waals surface area contributed by atoms with E-state index in [1.807, 2.05) is 0 Å². The molecule has 0 spiro atoms. The number of hydrogen-bond acceptors (Lipinski definition) is 3. The van der Waals surface area contributed by atoms with Crippen molar-refractivity contribution in [1.82, 2.24) is 10.2 Å². The van der Waals surface area contributed by atoms with Crippen LogP contribution in [-0.2, 0) is 0 Å². The fourth-order valence-corrected chi connectivity index (χ4v) is 2.49. The summed E-state index contributed by atoms with van der Waals surface area (Å²) in [6.07, 6.45) is 4.01. The van der Waals surface area contributed by atoms with Crippen LogP contribution in [-0.4, -0.2) is 49.3 Å². The molecule has 2 N–H and O–H groups in total. The van der Waals surface area contributed by atoms with Crippen LogP contribution in [0.5, 0.6) is 0 Å². The van der Waals surface area contributed by atoms with E-state index in [2.05, 4.69) is 24.2 Å². The quantitative estimate of drug-likeness (QED) is 0.662. The van der Waals surface area contributed by atoms with Gasteiger partial charge in [0, 0.05) is 19.1 Å². The zero-order chi connectivity index (χ0) is 10.4. The molecule has 0 aliphatic heterocycles. The van der Waals surface area contributed by atoms with Crippen molar-refractivity contribution in [3.63, 3.8) is 0 Å². The Bertz CT molecular complexity index is 152. The maximum atomic E-state index is 8.91. The molecule has 84 valence electrons. The fourth-order valence-electron chi connectivity index (χ4n) is 2.49. The first-order chi connectivity index (χ1) is 6.81. The molecule has 2 atom stereocenters. The number of nitrogens with one attached hydrogen (secondary N) is 1. The number of hydrogen-bond donors (Lipinski definition) is 2. The van der Waals surface area contributed by atoms with Crippen molar-refractivity contribution in [2.75, 3.05) is 33.3 Å². The van der Waals surface area contributed by atoms with Crippen LogP contribution >= 0.6 is 0 Å². The highest BCUT2D eigenvalue weighted by molar-refractivity contribution is 4.84. The molecule has 3 nitrogen and oxygen atoms in total. The molecule has 0 amide bonds. The first-order valence-electron chi connectivity index (χ1n) is 5.82. The number of nitrogens with zero attached hydrogens (tertiary/aromatic N) is 1.